The maximum Gasteiger partial charge on any atom is 0.0549 e. The Morgan fingerprint density at radius 3 is 1.37 bits per heavy atom. The highest BCUT2D eigenvalue weighted by Gasteiger charge is 2.22. The highest BCUT2D eigenvalue weighted by atomic mass is 15.0. The third-order valence-electron chi connectivity index (χ3n) is 11.8. The fourth-order valence-electron chi connectivity index (χ4n) is 9.50. The van der Waals surface area contributed by atoms with Crippen molar-refractivity contribution in [2.75, 3.05) is 0 Å². The molecule has 9 aromatic carbocycles. The third kappa shape index (κ3) is 4.66. The minimum Gasteiger partial charge on any atom is -0.309 e. The van der Waals surface area contributed by atoms with Gasteiger partial charge >= 0.3 is 0 Å². The summed E-state index contributed by atoms with van der Waals surface area (Å²) in [5.74, 6) is 0. The van der Waals surface area contributed by atoms with Crippen molar-refractivity contribution in [2.45, 2.75) is 0 Å². The van der Waals surface area contributed by atoms with Crippen LogP contribution in [0.25, 0.3) is 105 Å². The molecule has 0 bridgehead atoms. The van der Waals surface area contributed by atoms with E-state index in [0.29, 0.717) is 0 Å². The molecule has 0 saturated heterocycles. The lowest BCUT2D eigenvalue weighted by Gasteiger charge is -2.15. The van der Waals surface area contributed by atoms with E-state index in [1.165, 1.54) is 87.7 Å². The summed E-state index contributed by atoms with van der Waals surface area (Å²) >= 11 is 0. The Bertz CT molecular complexity index is 3500. The highest BCUT2D eigenvalue weighted by Crippen LogP contribution is 2.45. The minimum absolute atomic E-state index is 1.15. The first-order valence-corrected chi connectivity index (χ1v) is 19.6. The predicted octanol–water partition coefficient (Wildman–Crippen LogP) is 14.3. The summed E-state index contributed by atoms with van der Waals surface area (Å²) < 4.78 is 7.31. The second kappa shape index (κ2) is 12.5. The molecule has 0 spiro atoms. The number of nitrogens with zero attached hydrogens (tertiary/aromatic N) is 3. The van der Waals surface area contributed by atoms with E-state index in [-0.39, 0.29) is 0 Å². The lowest BCUT2D eigenvalue weighted by atomic mass is 9.97. The van der Waals surface area contributed by atoms with Gasteiger partial charge in [-0.25, -0.2) is 0 Å². The molecule has 3 heteroatoms. The zero-order valence-corrected chi connectivity index (χ0v) is 31.0. The van der Waals surface area contributed by atoms with Crippen molar-refractivity contribution >= 4 is 65.4 Å². The predicted molar refractivity (Wildman–Crippen MR) is 240 cm³/mol. The van der Waals surface area contributed by atoms with Crippen molar-refractivity contribution in [2.24, 2.45) is 0 Å². The molecular weight excluding hydrogens is 691 g/mol. The molecule has 0 aliphatic carbocycles. The average molecular weight is 726 g/mol. The van der Waals surface area contributed by atoms with Crippen molar-refractivity contribution in [3.8, 4) is 39.3 Å². The SMILES string of the molecule is c1ccc(-c2cccc3c2c2cc(-c4ccccc4-n4c5ccccc5c5c6c7ccccc7n(-c7ccccc7)c6ccc54)ccc2n3-c2ccccc2)cc1. The van der Waals surface area contributed by atoms with Crippen LogP contribution in [0.3, 0.4) is 0 Å². The maximum atomic E-state index is 2.49. The van der Waals surface area contributed by atoms with Crippen LogP contribution in [0.2, 0.25) is 0 Å². The second-order valence-electron chi connectivity index (χ2n) is 14.9. The molecule has 266 valence electrons. The topological polar surface area (TPSA) is 14.8 Å². The number of para-hydroxylation sites is 5. The van der Waals surface area contributed by atoms with E-state index in [0.717, 1.165) is 17.1 Å². The molecule has 0 atom stereocenters. The van der Waals surface area contributed by atoms with Gasteiger partial charge in [0, 0.05) is 49.3 Å². The third-order valence-corrected chi connectivity index (χ3v) is 11.8. The van der Waals surface area contributed by atoms with E-state index in [1.54, 1.807) is 0 Å². The van der Waals surface area contributed by atoms with E-state index in [9.17, 15) is 0 Å². The molecule has 3 heterocycles. The van der Waals surface area contributed by atoms with Gasteiger partial charge in [-0.15, -0.1) is 0 Å². The lowest BCUT2D eigenvalue weighted by Crippen LogP contribution is -1.97. The Balaban J connectivity index is 1.15. The van der Waals surface area contributed by atoms with Gasteiger partial charge in [-0.05, 0) is 89.5 Å². The summed E-state index contributed by atoms with van der Waals surface area (Å²) in [6.07, 6.45) is 0. The number of benzene rings is 9. The molecular formula is C54H35N3. The first kappa shape index (κ1) is 31.7. The van der Waals surface area contributed by atoms with Gasteiger partial charge in [-0.3, -0.25) is 0 Å². The van der Waals surface area contributed by atoms with E-state index in [1.807, 2.05) is 0 Å². The molecule has 0 amide bonds. The van der Waals surface area contributed by atoms with Crippen molar-refractivity contribution < 1.29 is 0 Å². The van der Waals surface area contributed by atoms with Crippen LogP contribution in [-0.4, -0.2) is 13.7 Å². The fourth-order valence-corrected chi connectivity index (χ4v) is 9.50. The van der Waals surface area contributed by atoms with Crippen LogP contribution in [0.15, 0.2) is 212 Å². The quantitative estimate of drug-likeness (QED) is 0.168. The molecule has 0 unspecified atom stereocenters. The van der Waals surface area contributed by atoms with Crippen molar-refractivity contribution in [1.29, 1.82) is 0 Å². The van der Waals surface area contributed by atoms with Crippen LogP contribution in [0.5, 0.6) is 0 Å². The molecule has 0 saturated carbocycles. The Hall–Kier alpha value is -7.62. The Kier molecular flexibility index (Phi) is 6.93. The summed E-state index contributed by atoms with van der Waals surface area (Å²) in [5, 5.41) is 7.56. The number of hydrogen-bond acceptors (Lipinski definition) is 0. The summed E-state index contributed by atoms with van der Waals surface area (Å²) in [4.78, 5) is 0. The summed E-state index contributed by atoms with van der Waals surface area (Å²) in [7, 11) is 0. The van der Waals surface area contributed by atoms with Gasteiger partial charge in [-0.1, -0.05) is 140 Å². The molecule has 57 heavy (non-hydrogen) atoms. The van der Waals surface area contributed by atoms with Gasteiger partial charge in [0.1, 0.15) is 0 Å². The number of hydrogen-bond donors (Lipinski definition) is 0. The van der Waals surface area contributed by atoms with E-state index in [4.69, 9.17) is 0 Å². The minimum atomic E-state index is 1.15. The van der Waals surface area contributed by atoms with E-state index in [2.05, 4.69) is 226 Å². The largest absolute Gasteiger partial charge is 0.309 e. The molecule has 3 nitrogen and oxygen atoms in total. The fraction of sp³-hybridized carbons (Fsp3) is 0. The Morgan fingerprint density at radius 2 is 0.702 bits per heavy atom. The summed E-state index contributed by atoms with van der Waals surface area (Å²) in [5.41, 5.74) is 15.5. The zero-order chi connectivity index (χ0) is 37.5. The molecule has 0 aliphatic rings. The first-order chi connectivity index (χ1) is 28.3. The second-order valence-corrected chi connectivity index (χ2v) is 14.9. The molecule has 0 N–H and O–H groups in total. The first-order valence-electron chi connectivity index (χ1n) is 19.6. The number of fused-ring (bicyclic) bond motifs is 10. The van der Waals surface area contributed by atoms with Crippen molar-refractivity contribution in [1.82, 2.24) is 13.7 Å². The van der Waals surface area contributed by atoms with Gasteiger partial charge in [0.05, 0.1) is 38.8 Å². The molecule has 12 rings (SSSR count). The summed E-state index contributed by atoms with van der Waals surface area (Å²) in [6, 6.07) is 77.3. The lowest BCUT2D eigenvalue weighted by molar-refractivity contribution is 1.17. The zero-order valence-electron chi connectivity index (χ0n) is 31.0. The van der Waals surface area contributed by atoms with Gasteiger partial charge < -0.3 is 13.7 Å². The standard InChI is InChI=1S/C54H35N3/c1-4-17-36(18-5-1)41-26-16-30-49-52(41)44-35-37(31-32-48(44)56(49)39-21-8-3-9-22-39)40-23-10-13-27-45(40)57-47-29-15-12-25-43(47)54-51(57)34-33-50-53(54)42-24-11-14-28-46(42)55(50)38-19-6-2-7-20-38/h1-35H. The van der Waals surface area contributed by atoms with E-state index >= 15 is 0 Å². The molecule has 12 aromatic rings. The molecule has 0 aliphatic heterocycles. The van der Waals surface area contributed by atoms with Crippen LogP contribution in [0.4, 0.5) is 0 Å². The van der Waals surface area contributed by atoms with Crippen molar-refractivity contribution in [3.63, 3.8) is 0 Å². The van der Waals surface area contributed by atoms with Crippen LogP contribution in [0.1, 0.15) is 0 Å². The monoisotopic (exact) mass is 725 g/mol. The normalized spacial score (nSPS) is 11.9. The van der Waals surface area contributed by atoms with Gasteiger partial charge in [-0.2, -0.15) is 0 Å². The van der Waals surface area contributed by atoms with Crippen molar-refractivity contribution in [3.05, 3.63) is 212 Å². The molecule has 3 aromatic heterocycles. The average Bonchev–Trinajstić information content (AvgIpc) is 3.92. The number of aromatic nitrogens is 3. The highest BCUT2D eigenvalue weighted by molar-refractivity contribution is 6.29. The van der Waals surface area contributed by atoms with Crippen LogP contribution >= 0.6 is 0 Å². The number of rotatable bonds is 5. The van der Waals surface area contributed by atoms with E-state index < -0.39 is 0 Å². The smallest absolute Gasteiger partial charge is 0.0549 e. The van der Waals surface area contributed by atoms with Gasteiger partial charge in [0.25, 0.3) is 0 Å². The Morgan fingerprint density at radius 1 is 0.246 bits per heavy atom. The molecule has 0 fully saturated rings. The van der Waals surface area contributed by atoms with Gasteiger partial charge in [0.2, 0.25) is 0 Å². The van der Waals surface area contributed by atoms with Crippen LogP contribution in [0, 0.1) is 0 Å². The Labute approximate surface area is 329 Å². The maximum absolute atomic E-state index is 2.49. The van der Waals surface area contributed by atoms with Crippen LogP contribution in [-0.2, 0) is 0 Å². The summed E-state index contributed by atoms with van der Waals surface area (Å²) in [6.45, 7) is 0. The molecule has 0 radical (unpaired) electrons. The van der Waals surface area contributed by atoms with Gasteiger partial charge in [0.15, 0.2) is 0 Å². The van der Waals surface area contributed by atoms with Crippen LogP contribution < -0.4 is 0 Å².